The lowest BCUT2D eigenvalue weighted by atomic mass is 10.0. The Morgan fingerprint density at radius 1 is 1.47 bits per heavy atom. The van der Waals surface area contributed by atoms with Crippen molar-refractivity contribution < 1.29 is 8.78 Å². The SMILES string of the molecule is N#CCc1c(Cl)ncc(C(F)F)c1C#N. The highest BCUT2D eigenvalue weighted by atomic mass is 35.5. The van der Waals surface area contributed by atoms with Crippen molar-refractivity contribution in [1.82, 2.24) is 4.98 Å². The lowest BCUT2D eigenvalue weighted by Crippen LogP contribution is -2.00. The summed E-state index contributed by atoms with van der Waals surface area (Å²) in [6.45, 7) is 0. The Kier molecular flexibility index (Phi) is 3.54. The molecule has 0 aliphatic heterocycles. The first kappa shape index (κ1) is 11.4. The first-order valence-corrected chi connectivity index (χ1v) is 4.22. The molecule has 76 valence electrons. The summed E-state index contributed by atoms with van der Waals surface area (Å²) in [5.41, 5.74) is -0.696. The van der Waals surface area contributed by atoms with Gasteiger partial charge in [0, 0.05) is 11.8 Å². The van der Waals surface area contributed by atoms with Crippen molar-refractivity contribution in [2.45, 2.75) is 12.8 Å². The van der Waals surface area contributed by atoms with Crippen LogP contribution >= 0.6 is 11.6 Å². The smallest absolute Gasteiger partial charge is 0.244 e. The predicted molar refractivity (Wildman–Crippen MR) is 48.2 cm³/mol. The Balaban J connectivity index is 3.43. The average Bonchev–Trinajstić information content (AvgIpc) is 2.20. The largest absolute Gasteiger partial charge is 0.266 e. The van der Waals surface area contributed by atoms with E-state index < -0.39 is 12.0 Å². The third kappa shape index (κ3) is 2.20. The van der Waals surface area contributed by atoms with E-state index in [0.29, 0.717) is 0 Å². The van der Waals surface area contributed by atoms with Crippen molar-refractivity contribution >= 4 is 11.6 Å². The van der Waals surface area contributed by atoms with Crippen molar-refractivity contribution in [2.24, 2.45) is 0 Å². The molecular weight excluding hydrogens is 224 g/mol. The lowest BCUT2D eigenvalue weighted by molar-refractivity contribution is 0.150. The molecule has 1 aromatic heterocycles. The minimum atomic E-state index is -2.80. The molecule has 0 atom stereocenters. The summed E-state index contributed by atoms with van der Waals surface area (Å²) < 4.78 is 24.9. The summed E-state index contributed by atoms with van der Waals surface area (Å²) in [6.07, 6.45) is -2.16. The van der Waals surface area contributed by atoms with Crippen molar-refractivity contribution in [3.05, 3.63) is 28.0 Å². The molecule has 0 aliphatic rings. The van der Waals surface area contributed by atoms with Crippen LogP contribution in [-0.2, 0) is 6.42 Å². The molecule has 1 rings (SSSR count). The number of alkyl halides is 2. The van der Waals surface area contributed by atoms with Gasteiger partial charge in [-0.25, -0.2) is 13.8 Å². The molecule has 0 aromatic carbocycles. The van der Waals surface area contributed by atoms with Gasteiger partial charge >= 0.3 is 0 Å². The fraction of sp³-hybridized carbons (Fsp3) is 0.222. The molecule has 15 heavy (non-hydrogen) atoms. The predicted octanol–water partition coefficient (Wildman–Crippen LogP) is 2.61. The van der Waals surface area contributed by atoms with Gasteiger partial charge in [0.05, 0.1) is 23.6 Å². The van der Waals surface area contributed by atoms with Crippen LogP contribution in [0.25, 0.3) is 0 Å². The third-order valence-corrected chi connectivity index (χ3v) is 2.08. The Bertz CT molecular complexity index is 460. The number of nitrogens with zero attached hydrogens (tertiary/aromatic N) is 3. The third-order valence-electron chi connectivity index (χ3n) is 1.76. The van der Waals surface area contributed by atoms with Crippen LogP contribution in [0.15, 0.2) is 6.20 Å². The van der Waals surface area contributed by atoms with E-state index in [0.717, 1.165) is 6.20 Å². The molecule has 0 unspecified atom stereocenters. The second-order valence-electron chi connectivity index (χ2n) is 2.61. The number of pyridine rings is 1. The molecule has 1 heterocycles. The molecule has 1 aromatic rings. The van der Waals surface area contributed by atoms with Gasteiger partial charge in [-0.15, -0.1) is 0 Å². The molecule has 0 saturated heterocycles. The zero-order chi connectivity index (χ0) is 11.4. The van der Waals surface area contributed by atoms with Crippen LogP contribution in [0.4, 0.5) is 8.78 Å². The molecule has 0 spiro atoms. The molecule has 0 aliphatic carbocycles. The summed E-state index contributed by atoms with van der Waals surface area (Å²) >= 11 is 5.61. The number of hydrogen-bond donors (Lipinski definition) is 0. The van der Waals surface area contributed by atoms with E-state index in [9.17, 15) is 8.78 Å². The van der Waals surface area contributed by atoms with E-state index >= 15 is 0 Å². The lowest BCUT2D eigenvalue weighted by Gasteiger charge is -2.06. The molecule has 0 N–H and O–H groups in total. The fourth-order valence-electron chi connectivity index (χ4n) is 1.08. The summed E-state index contributed by atoms with van der Waals surface area (Å²) in [5, 5.41) is 17.1. The summed E-state index contributed by atoms with van der Waals surface area (Å²) in [4.78, 5) is 3.51. The zero-order valence-corrected chi connectivity index (χ0v) is 8.09. The van der Waals surface area contributed by atoms with E-state index in [1.54, 1.807) is 12.1 Å². The number of nitriles is 2. The van der Waals surface area contributed by atoms with E-state index in [1.165, 1.54) is 0 Å². The summed E-state index contributed by atoms with van der Waals surface area (Å²) in [6, 6.07) is 3.36. The average molecular weight is 228 g/mol. The van der Waals surface area contributed by atoms with Crippen LogP contribution in [0.3, 0.4) is 0 Å². The molecular formula is C9H4ClF2N3. The number of aromatic nitrogens is 1. The number of halogens is 3. The van der Waals surface area contributed by atoms with E-state index in [2.05, 4.69) is 4.98 Å². The summed E-state index contributed by atoms with van der Waals surface area (Å²) in [5.74, 6) is 0. The maximum atomic E-state index is 12.4. The Labute approximate surface area is 89.5 Å². The van der Waals surface area contributed by atoms with Gasteiger partial charge in [-0.3, -0.25) is 0 Å². The van der Waals surface area contributed by atoms with Gasteiger partial charge in [0.25, 0.3) is 6.43 Å². The Morgan fingerprint density at radius 2 is 2.13 bits per heavy atom. The molecule has 3 nitrogen and oxygen atoms in total. The number of hydrogen-bond acceptors (Lipinski definition) is 3. The maximum absolute atomic E-state index is 12.4. The normalized spacial score (nSPS) is 9.73. The van der Waals surface area contributed by atoms with Crippen LogP contribution in [-0.4, -0.2) is 4.98 Å². The molecule has 0 saturated carbocycles. The number of rotatable bonds is 2. The highest BCUT2D eigenvalue weighted by Crippen LogP contribution is 2.27. The van der Waals surface area contributed by atoms with Gasteiger partial charge in [-0.05, 0) is 0 Å². The minimum absolute atomic E-state index is 0.0551. The topological polar surface area (TPSA) is 60.5 Å². The molecule has 6 heteroatoms. The van der Waals surface area contributed by atoms with Gasteiger partial charge < -0.3 is 0 Å². The molecule has 0 amide bonds. The van der Waals surface area contributed by atoms with Gasteiger partial charge in [-0.1, -0.05) is 11.6 Å². The first-order valence-electron chi connectivity index (χ1n) is 3.84. The van der Waals surface area contributed by atoms with Crippen LogP contribution in [0.1, 0.15) is 23.1 Å². The van der Waals surface area contributed by atoms with Crippen molar-refractivity contribution in [2.75, 3.05) is 0 Å². The molecule has 0 bridgehead atoms. The second-order valence-corrected chi connectivity index (χ2v) is 2.96. The van der Waals surface area contributed by atoms with Crippen LogP contribution in [0.2, 0.25) is 5.15 Å². The zero-order valence-electron chi connectivity index (χ0n) is 7.34. The molecule has 0 fully saturated rings. The van der Waals surface area contributed by atoms with Crippen molar-refractivity contribution in [3.63, 3.8) is 0 Å². The first-order chi connectivity index (χ1) is 7.11. The Hall–Kier alpha value is -1.72. The monoisotopic (exact) mass is 227 g/mol. The van der Waals surface area contributed by atoms with Gasteiger partial charge in [0.1, 0.15) is 11.2 Å². The van der Waals surface area contributed by atoms with E-state index in [1.807, 2.05) is 0 Å². The maximum Gasteiger partial charge on any atom is 0.266 e. The van der Waals surface area contributed by atoms with E-state index in [4.69, 9.17) is 22.1 Å². The van der Waals surface area contributed by atoms with Gasteiger partial charge in [0.15, 0.2) is 0 Å². The Morgan fingerprint density at radius 3 is 2.60 bits per heavy atom. The van der Waals surface area contributed by atoms with Gasteiger partial charge in [0.2, 0.25) is 0 Å². The minimum Gasteiger partial charge on any atom is -0.244 e. The van der Waals surface area contributed by atoms with Crippen molar-refractivity contribution in [1.29, 1.82) is 10.5 Å². The molecule has 0 radical (unpaired) electrons. The van der Waals surface area contributed by atoms with Crippen LogP contribution < -0.4 is 0 Å². The van der Waals surface area contributed by atoms with Crippen LogP contribution in [0.5, 0.6) is 0 Å². The standard InChI is InChI=1S/C9H4ClF2N3/c10-8-5(1-2-13)6(3-14)7(4-15-8)9(11)12/h4,9H,1H2. The fourth-order valence-corrected chi connectivity index (χ4v) is 1.29. The highest BCUT2D eigenvalue weighted by molar-refractivity contribution is 6.30. The van der Waals surface area contributed by atoms with E-state index in [-0.39, 0.29) is 22.7 Å². The van der Waals surface area contributed by atoms with Crippen molar-refractivity contribution in [3.8, 4) is 12.1 Å². The quantitative estimate of drug-likeness (QED) is 0.730. The summed E-state index contributed by atoms with van der Waals surface area (Å²) in [7, 11) is 0. The van der Waals surface area contributed by atoms with Gasteiger partial charge in [-0.2, -0.15) is 10.5 Å². The van der Waals surface area contributed by atoms with Crippen LogP contribution in [0, 0.1) is 22.7 Å². The highest BCUT2D eigenvalue weighted by Gasteiger charge is 2.19. The second kappa shape index (κ2) is 4.68.